The summed E-state index contributed by atoms with van der Waals surface area (Å²) in [5.41, 5.74) is 29.1. The van der Waals surface area contributed by atoms with Gasteiger partial charge in [0, 0.05) is 5.41 Å². The van der Waals surface area contributed by atoms with E-state index in [1.54, 1.807) is 26.0 Å². The Labute approximate surface area is 737 Å². The van der Waals surface area contributed by atoms with Gasteiger partial charge in [-0.15, -0.1) is 0 Å². The van der Waals surface area contributed by atoms with Gasteiger partial charge in [0.2, 0.25) is 0 Å². The van der Waals surface area contributed by atoms with Gasteiger partial charge in [0.15, 0.2) is 0 Å². The quantitative estimate of drug-likeness (QED) is 0.0551. The van der Waals surface area contributed by atoms with E-state index >= 15 is 0 Å². The van der Waals surface area contributed by atoms with Gasteiger partial charge >= 0.3 is 0 Å². The molecule has 662 valence electrons. The fourth-order valence-corrected chi connectivity index (χ4v) is 12.1. The average molecular weight is 1800 g/mol. The lowest BCUT2D eigenvalue weighted by Crippen LogP contribution is -2.19. The van der Waals surface area contributed by atoms with Crippen molar-refractivity contribution in [1.82, 2.24) is 0 Å². The molecular formula is C99H116O19S6. The van der Waals surface area contributed by atoms with Gasteiger partial charge < -0.3 is 4.74 Å². The Morgan fingerprint density at radius 2 is 0.500 bits per heavy atom. The van der Waals surface area contributed by atoms with E-state index in [0.29, 0.717) is 36.8 Å². The highest BCUT2D eigenvalue weighted by molar-refractivity contribution is 7.86. The van der Waals surface area contributed by atoms with Crippen LogP contribution in [-0.2, 0) is 66.1 Å². The number of ether oxygens (including phenoxy) is 1. The van der Waals surface area contributed by atoms with Gasteiger partial charge in [-0.25, -0.2) is 0 Å². The molecule has 0 radical (unpaired) electrons. The van der Waals surface area contributed by atoms with Crippen molar-refractivity contribution in [3.05, 3.63) is 423 Å². The van der Waals surface area contributed by atoms with Crippen molar-refractivity contribution in [2.24, 2.45) is 0 Å². The maximum atomic E-state index is 10.8. The summed E-state index contributed by atoms with van der Waals surface area (Å²) < 4.78 is 165. The molecule has 12 rings (SSSR count). The standard InChI is InChI=1S/C24H24.C22H20O.C22H20.C16H16.C8H10O3S.C2H6.5CH4O3S/c1-18-15-16-22(24(3,4)21-13-9-6-10-14-21)17-23(18)19(2)20-11-7-5-8-12-20;1-16-9-10-17(2)22(15-16)18(3)19-11-13-21(14-12-19)23-20-7-5-4-6-8-20;1-16-9-10-17(2)22(15-16)18(3)19-11-13-21(14-12-19)20-7-5-4-6-8-20;1-12-9-10-13(2)16(11-12)14(3)15-7-5-4-6-8-15;1-6-3-4-7(2)8(5-6)12(9,10)11;1-2;5*1-5(2,3)4/h5-17H,2H2,1,3-4H3;4-15H,3H2,1-2H3;4-15H,3H2,1-2H3;4-11H,3H2,1-2H3;3-5H,1-2H3,(H,9,10,11);1-2H3;5*1H3,(H,2,3,4). The van der Waals surface area contributed by atoms with Gasteiger partial charge in [0.1, 0.15) is 11.5 Å². The molecule has 12 aromatic rings. The number of rotatable bonds is 14. The third kappa shape index (κ3) is 45.3. The van der Waals surface area contributed by atoms with Crippen LogP contribution in [0.2, 0.25) is 0 Å². The second-order valence-corrected chi connectivity index (χ2v) is 37.6. The van der Waals surface area contributed by atoms with Crippen LogP contribution in [-0.4, -0.2) is 109 Å². The molecule has 124 heavy (non-hydrogen) atoms. The maximum absolute atomic E-state index is 10.8. The van der Waals surface area contributed by atoms with Crippen LogP contribution < -0.4 is 4.74 Å². The van der Waals surface area contributed by atoms with Gasteiger partial charge in [0.05, 0.1) is 36.2 Å². The minimum atomic E-state index is -4.06. The van der Waals surface area contributed by atoms with Crippen LogP contribution in [0.4, 0.5) is 0 Å². The normalized spacial score (nSPS) is 10.8. The summed E-state index contributed by atoms with van der Waals surface area (Å²) in [7, 11) is -22.4. The van der Waals surface area contributed by atoms with E-state index in [4.69, 9.17) is 32.1 Å². The number of aryl methyl sites for hydroxylation is 9. The molecule has 12 aromatic carbocycles. The van der Waals surface area contributed by atoms with Crippen LogP contribution in [0.15, 0.2) is 322 Å². The first-order chi connectivity index (χ1) is 57.4. The zero-order valence-electron chi connectivity index (χ0n) is 73.5. The van der Waals surface area contributed by atoms with Crippen molar-refractivity contribution in [2.45, 2.75) is 100 Å². The fraction of sp³-hybridized carbons (Fsp3) is 0.192. The molecule has 0 saturated heterocycles. The Bertz CT molecular complexity index is 5970. The van der Waals surface area contributed by atoms with Crippen molar-refractivity contribution in [2.75, 3.05) is 31.3 Å². The van der Waals surface area contributed by atoms with Crippen LogP contribution in [0.25, 0.3) is 33.4 Å². The third-order valence-electron chi connectivity index (χ3n) is 17.3. The first kappa shape index (κ1) is 109. The van der Waals surface area contributed by atoms with Gasteiger partial charge in [-0.2, -0.15) is 50.5 Å². The predicted octanol–water partition coefficient (Wildman–Crippen LogP) is 23.0. The molecule has 0 heterocycles. The van der Waals surface area contributed by atoms with E-state index < -0.39 is 60.7 Å². The minimum Gasteiger partial charge on any atom is -0.457 e. The molecule has 6 N–H and O–H groups in total. The summed E-state index contributed by atoms with van der Waals surface area (Å²) >= 11 is 0. The zero-order valence-corrected chi connectivity index (χ0v) is 78.4. The number of hydrogen-bond donors (Lipinski definition) is 6. The molecule has 25 heteroatoms. The maximum Gasteiger partial charge on any atom is 0.294 e. The molecule has 0 aliphatic carbocycles. The molecule has 0 bridgehead atoms. The molecule has 0 aliphatic rings. The summed E-state index contributed by atoms with van der Waals surface area (Å²) in [5.74, 6) is 1.67. The van der Waals surface area contributed by atoms with Crippen LogP contribution >= 0.6 is 0 Å². The second-order valence-electron chi connectivity index (χ2n) is 28.9. The van der Waals surface area contributed by atoms with E-state index in [2.05, 4.69) is 289 Å². The first-order valence-corrected chi connectivity index (χ1v) is 49.0. The Hall–Kier alpha value is -11.1. The lowest BCUT2D eigenvalue weighted by Gasteiger charge is -2.27. The predicted molar refractivity (Wildman–Crippen MR) is 512 cm³/mol. The highest BCUT2D eigenvalue weighted by Crippen LogP contribution is 2.36. The number of benzene rings is 12. The molecule has 0 unspecified atom stereocenters. The molecule has 19 nitrogen and oxygen atoms in total. The summed E-state index contributed by atoms with van der Waals surface area (Å²) in [4.78, 5) is -0.0116. The van der Waals surface area contributed by atoms with Crippen LogP contribution in [0.1, 0.15) is 133 Å². The highest BCUT2D eigenvalue weighted by Gasteiger charge is 2.24. The summed E-state index contributed by atoms with van der Waals surface area (Å²) in [5, 5.41) is 0. The van der Waals surface area contributed by atoms with Gasteiger partial charge in [-0.05, 0) is 215 Å². The van der Waals surface area contributed by atoms with E-state index in [1.165, 1.54) is 106 Å². The van der Waals surface area contributed by atoms with Crippen molar-refractivity contribution in [3.63, 3.8) is 0 Å². The monoisotopic (exact) mass is 1800 g/mol. The summed E-state index contributed by atoms with van der Waals surface area (Å²) in [6, 6.07) is 99.5. The summed E-state index contributed by atoms with van der Waals surface area (Å²) in [6.07, 6.45) is 3.58. The number of para-hydroxylation sites is 1. The van der Waals surface area contributed by atoms with Gasteiger partial charge in [0.25, 0.3) is 60.7 Å². The van der Waals surface area contributed by atoms with Crippen LogP contribution in [0.5, 0.6) is 11.5 Å². The van der Waals surface area contributed by atoms with E-state index in [-0.39, 0.29) is 10.3 Å². The molecule has 0 fully saturated rings. The van der Waals surface area contributed by atoms with Crippen molar-refractivity contribution in [1.29, 1.82) is 0 Å². The number of hydrogen-bond acceptors (Lipinski definition) is 13. The van der Waals surface area contributed by atoms with E-state index in [9.17, 15) is 50.5 Å². The van der Waals surface area contributed by atoms with Crippen LogP contribution in [0, 0.1) is 62.3 Å². The smallest absolute Gasteiger partial charge is 0.294 e. The Morgan fingerprint density at radius 3 is 0.806 bits per heavy atom. The molecule has 0 amide bonds. The Kier molecular flexibility index (Phi) is 45.0. The molecule has 0 atom stereocenters. The molecule has 0 aliphatic heterocycles. The average Bonchev–Trinajstić information content (AvgIpc) is 0.789. The van der Waals surface area contributed by atoms with E-state index in [0.717, 1.165) is 44.9 Å². The molecule has 0 aromatic heterocycles. The Balaban J connectivity index is 0.000000493. The largest absolute Gasteiger partial charge is 0.457 e. The lowest BCUT2D eigenvalue weighted by molar-refractivity contribution is 0.481. The molecule has 0 saturated carbocycles. The van der Waals surface area contributed by atoms with Crippen molar-refractivity contribution in [3.8, 4) is 22.6 Å². The van der Waals surface area contributed by atoms with Gasteiger partial charge in [-0.1, -0.05) is 332 Å². The lowest BCUT2D eigenvalue weighted by atomic mass is 9.76. The fourth-order valence-electron chi connectivity index (χ4n) is 11.3. The first-order valence-electron chi connectivity index (χ1n) is 38.3. The van der Waals surface area contributed by atoms with Crippen LogP contribution in [0.3, 0.4) is 0 Å². The van der Waals surface area contributed by atoms with Gasteiger partial charge in [-0.3, -0.25) is 27.3 Å². The van der Waals surface area contributed by atoms with E-state index in [1.807, 2.05) is 86.6 Å². The SMILES string of the molecule is C=C(c1ccc(-c2ccccc2)cc1)c1cc(C)ccc1C.C=C(c1ccc(Oc2ccccc2)cc1)c1cc(C)ccc1C.C=C(c1ccccc1)c1cc(C(C)(C)c2ccccc2)ccc1C.C=C(c1ccccc1)c1cc(C)ccc1C.CC.CS(=O)(=O)O.CS(=O)(=O)O.CS(=O)(=O)O.CS(=O)(=O)O.CS(=O)(=O)O.Cc1ccc(C)c(S(=O)(=O)O)c1. The second kappa shape index (κ2) is 51.2. The minimum absolute atomic E-state index is 0.0116. The summed E-state index contributed by atoms with van der Waals surface area (Å²) in [6.45, 7) is 44.0. The third-order valence-corrected chi connectivity index (χ3v) is 18.3. The zero-order chi connectivity index (χ0) is 94.3. The molecular weight excluding hydrogens is 1690 g/mol. The van der Waals surface area contributed by atoms with Crippen molar-refractivity contribution < 1.29 is 82.6 Å². The van der Waals surface area contributed by atoms with Crippen molar-refractivity contribution >= 4 is 83.0 Å². The molecule has 0 spiro atoms. The Morgan fingerprint density at radius 1 is 0.266 bits per heavy atom. The highest BCUT2D eigenvalue weighted by atomic mass is 32.2. The topological polar surface area (TPSA) is 335 Å².